The number of carbonyl (C=O) groups is 3. The van der Waals surface area contributed by atoms with E-state index in [0.29, 0.717) is 0 Å². The summed E-state index contributed by atoms with van der Waals surface area (Å²) in [5, 5.41) is 8.49. The van der Waals surface area contributed by atoms with E-state index in [-0.39, 0.29) is 19.3 Å². The Morgan fingerprint density at radius 2 is 1.61 bits per heavy atom. The molecular formula is C12H18O6. The second-order valence-electron chi connectivity index (χ2n) is 3.90. The zero-order valence-corrected chi connectivity index (χ0v) is 10.5. The maximum atomic E-state index is 11.4. The van der Waals surface area contributed by atoms with Crippen molar-refractivity contribution in [3.63, 3.8) is 0 Å². The molecule has 0 aromatic carbocycles. The van der Waals surface area contributed by atoms with Crippen molar-refractivity contribution in [2.24, 2.45) is 0 Å². The summed E-state index contributed by atoms with van der Waals surface area (Å²) in [6.45, 7) is 6.43. The number of hydrogen-bond donors (Lipinski definition) is 1. The fourth-order valence-corrected chi connectivity index (χ4v) is 1.23. The van der Waals surface area contributed by atoms with Crippen LogP contribution in [0.25, 0.3) is 0 Å². The molecule has 0 saturated heterocycles. The maximum Gasteiger partial charge on any atom is 0.309 e. The van der Waals surface area contributed by atoms with Gasteiger partial charge in [0.1, 0.15) is 12.2 Å². The van der Waals surface area contributed by atoms with Gasteiger partial charge in [0, 0.05) is 0 Å². The Morgan fingerprint density at radius 1 is 1.11 bits per heavy atom. The number of esters is 2. The molecule has 0 aliphatic carbocycles. The van der Waals surface area contributed by atoms with Gasteiger partial charge in [0.25, 0.3) is 0 Å². The van der Waals surface area contributed by atoms with Crippen LogP contribution in [0.2, 0.25) is 0 Å². The van der Waals surface area contributed by atoms with Gasteiger partial charge in [-0.15, -0.1) is 6.58 Å². The van der Waals surface area contributed by atoms with Crippen LogP contribution >= 0.6 is 0 Å². The van der Waals surface area contributed by atoms with E-state index in [1.807, 2.05) is 0 Å². The third-order valence-corrected chi connectivity index (χ3v) is 1.89. The minimum absolute atomic E-state index is 0.0782. The van der Waals surface area contributed by atoms with Gasteiger partial charge in [0.05, 0.1) is 19.3 Å². The molecule has 0 spiro atoms. The summed E-state index contributed by atoms with van der Waals surface area (Å²) in [5.74, 6) is -2.10. The van der Waals surface area contributed by atoms with Gasteiger partial charge in [0.2, 0.25) is 0 Å². The summed E-state index contributed by atoms with van der Waals surface area (Å²) < 4.78 is 9.74. The van der Waals surface area contributed by atoms with Crippen LogP contribution in [-0.4, -0.2) is 35.2 Å². The van der Waals surface area contributed by atoms with Crippen molar-refractivity contribution in [2.75, 3.05) is 0 Å². The lowest BCUT2D eigenvalue weighted by Gasteiger charge is -2.14. The molecule has 1 N–H and O–H groups in total. The lowest BCUT2D eigenvalue weighted by atomic mass is 10.2. The van der Waals surface area contributed by atoms with E-state index in [4.69, 9.17) is 14.6 Å². The molecule has 0 saturated carbocycles. The van der Waals surface area contributed by atoms with Gasteiger partial charge >= 0.3 is 17.9 Å². The Hall–Kier alpha value is -1.85. The van der Waals surface area contributed by atoms with Gasteiger partial charge < -0.3 is 14.6 Å². The largest absolute Gasteiger partial charge is 0.481 e. The van der Waals surface area contributed by atoms with Gasteiger partial charge in [-0.1, -0.05) is 6.08 Å². The third kappa shape index (κ3) is 8.32. The van der Waals surface area contributed by atoms with E-state index in [1.165, 1.54) is 13.0 Å². The highest BCUT2D eigenvalue weighted by Crippen LogP contribution is 2.05. The first kappa shape index (κ1) is 16.1. The summed E-state index contributed by atoms with van der Waals surface area (Å²) >= 11 is 0. The van der Waals surface area contributed by atoms with Gasteiger partial charge in [0.15, 0.2) is 0 Å². The number of carboxylic acids is 1. The van der Waals surface area contributed by atoms with Crippen LogP contribution in [0.5, 0.6) is 0 Å². The number of carbonyl (C=O) groups excluding carboxylic acids is 2. The molecule has 2 atom stereocenters. The molecule has 0 aromatic heterocycles. The lowest BCUT2D eigenvalue weighted by molar-refractivity contribution is -0.157. The number of carboxylic acid groups (broad SMARTS) is 1. The normalized spacial score (nSPS) is 13.2. The summed E-state index contributed by atoms with van der Waals surface area (Å²) in [7, 11) is 0. The zero-order chi connectivity index (χ0) is 14.1. The highest BCUT2D eigenvalue weighted by Gasteiger charge is 2.17. The second-order valence-corrected chi connectivity index (χ2v) is 3.90. The van der Waals surface area contributed by atoms with E-state index in [2.05, 4.69) is 6.58 Å². The number of ether oxygens (including phenoxy) is 2. The van der Waals surface area contributed by atoms with Crippen LogP contribution in [0.15, 0.2) is 12.7 Å². The third-order valence-electron chi connectivity index (χ3n) is 1.89. The van der Waals surface area contributed by atoms with E-state index in [1.54, 1.807) is 6.92 Å². The molecule has 2 unspecified atom stereocenters. The molecule has 102 valence electrons. The molecular weight excluding hydrogens is 240 g/mol. The molecule has 0 aromatic rings. The van der Waals surface area contributed by atoms with Crippen molar-refractivity contribution >= 4 is 17.9 Å². The summed E-state index contributed by atoms with van der Waals surface area (Å²) in [6, 6.07) is 0. The van der Waals surface area contributed by atoms with Crippen LogP contribution in [0.1, 0.15) is 33.1 Å². The monoisotopic (exact) mass is 258 g/mol. The Balaban J connectivity index is 3.96. The number of rotatable bonds is 8. The first-order valence-electron chi connectivity index (χ1n) is 5.56. The van der Waals surface area contributed by atoms with Crippen LogP contribution in [0.4, 0.5) is 0 Å². The van der Waals surface area contributed by atoms with E-state index >= 15 is 0 Å². The molecule has 0 radical (unpaired) electrons. The fraction of sp³-hybridized carbons (Fsp3) is 0.583. The quantitative estimate of drug-likeness (QED) is 0.521. The molecule has 0 amide bonds. The van der Waals surface area contributed by atoms with Crippen molar-refractivity contribution in [2.45, 2.75) is 45.3 Å². The van der Waals surface area contributed by atoms with E-state index < -0.39 is 30.1 Å². The molecule has 6 nitrogen and oxygen atoms in total. The predicted molar refractivity (Wildman–Crippen MR) is 62.8 cm³/mol. The van der Waals surface area contributed by atoms with Gasteiger partial charge in [-0.25, -0.2) is 0 Å². The van der Waals surface area contributed by atoms with E-state index in [0.717, 1.165) is 0 Å². The Morgan fingerprint density at radius 3 is 2.11 bits per heavy atom. The van der Waals surface area contributed by atoms with Gasteiger partial charge in [-0.3, -0.25) is 14.4 Å². The SMILES string of the molecule is C=CCC(=O)OC(C)CC(=O)OC(C)CC(=O)O. The Labute approximate surface area is 106 Å². The minimum atomic E-state index is -1.04. The highest BCUT2D eigenvalue weighted by molar-refractivity contribution is 5.74. The van der Waals surface area contributed by atoms with Gasteiger partial charge in [-0.2, -0.15) is 0 Å². The van der Waals surface area contributed by atoms with Crippen LogP contribution in [0.3, 0.4) is 0 Å². The number of hydrogen-bond acceptors (Lipinski definition) is 5. The molecule has 0 heterocycles. The molecule has 0 aliphatic rings. The average Bonchev–Trinajstić information content (AvgIpc) is 2.14. The smallest absolute Gasteiger partial charge is 0.309 e. The zero-order valence-electron chi connectivity index (χ0n) is 10.5. The first-order chi connectivity index (χ1) is 8.35. The first-order valence-corrected chi connectivity index (χ1v) is 5.56. The van der Waals surface area contributed by atoms with Crippen LogP contribution in [-0.2, 0) is 23.9 Å². The van der Waals surface area contributed by atoms with E-state index in [9.17, 15) is 14.4 Å². The molecule has 0 bridgehead atoms. The molecule has 6 heteroatoms. The van der Waals surface area contributed by atoms with Crippen molar-refractivity contribution in [3.8, 4) is 0 Å². The second kappa shape index (κ2) is 8.27. The Bertz CT molecular complexity index is 323. The average molecular weight is 258 g/mol. The molecule has 0 fully saturated rings. The molecule has 0 aliphatic heterocycles. The fourth-order valence-electron chi connectivity index (χ4n) is 1.23. The minimum Gasteiger partial charge on any atom is -0.481 e. The van der Waals surface area contributed by atoms with Crippen molar-refractivity contribution in [1.82, 2.24) is 0 Å². The van der Waals surface area contributed by atoms with Gasteiger partial charge in [-0.05, 0) is 13.8 Å². The summed E-state index contributed by atoms with van der Waals surface area (Å²) in [6.07, 6.45) is -0.187. The summed E-state index contributed by atoms with van der Waals surface area (Å²) in [4.78, 5) is 32.8. The van der Waals surface area contributed by atoms with Crippen molar-refractivity contribution < 1.29 is 29.0 Å². The predicted octanol–water partition coefficient (Wildman–Crippen LogP) is 1.29. The highest BCUT2D eigenvalue weighted by atomic mass is 16.6. The topological polar surface area (TPSA) is 89.9 Å². The summed E-state index contributed by atoms with van der Waals surface area (Å²) in [5.41, 5.74) is 0. The molecule has 0 rings (SSSR count). The van der Waals surface area contributed by atoms with Crippen LogP contribution in [0, 0.1) is 0 Å². The molecule has 18 heavy (non-hydrogen) atoms. The number of aliphatic carboxylic acids is 1. The van der Waals surface area contributed by atoms with Crippen molar-refractivity contribution in [1.29, 1.82) is 0 Å². The van der Waals surface area contributed by atoms with Crippen LogP contribution < -0.4 is 0 Å². The maximum absolute atomic E-state index is 11.4. The lowest BCUT2D eigenvalue weighted by Crippen LogP contribution is -2.23. The standard InChI is InChI=1S/C12H18O6/c1-4-5-11(15)17-9(3)7-12(16)18-8(2)6-10(13)14/h4,8-9H,1,5-7H2,2-3H3,(H,13,14). The van der Waals surface area contributed by atoms with Crippen molar-refractivity contribution in [3.05, 3.63) is 12.7 Å². The Kier molecular flexibility index (Phi) is 7.42.